The number of amides is 1. The van der Waals surface area contributed by atoms with Crippen molar-refractivity contribution in [2.24, 2.45) is 0 Å². The average molecular weight is 272 g/mol. The fourth-order valence-corrected chi connectivity index (χ4v) is 1.34. The molecule has 19 heavy (non-hydrogen) atoms. The van der Waals surface area contributed by atoms with Gasteiger partial charge in [0.2, 0.25) is 5.82 Å². The summed E-state index contributed by atoms with van der Waals surface area (Å²) in [7, 11) is 0. The molecular formula is C12H14F2N2O3. The first-order chi connectivity index (χ1) is 8.68. The molecule has 5 nitrogen and oxygen atoms in total. The van der Waals surface area contributed by atoms with E-state index in [1.165, 1.54) is 0 Å². The molecule has 0 radical (unpaired) electrons. The van der Waals surface area contributed by atoms with E-state index in [4.69, 9.17) is 0 Å². The third kappa shape index (κ3) is 3.46. The summed E-state index contributed by atoms with van der Waals surface area (Å²) < 4.78 is 27.0. The summed E-state index contributed by atoms with van der Waals surface area (Å²) in [4.78, 5) is 21.3. The van der Waals surface area contributed by atoms with Crippen LogP contribution in [0.3, 0.4) is 0 Å². The van der Waals surface area contributed by atoms with Crippen molar-refractivity contribution in [3.05, 3.63) is 39.4 Å². The van der Waals surface area contributed by atoms with Crippen LogP contribution in [-0.2, 0) is 0 Å². The fraction of sp³-hybridized carbons (Fsp3) is 0.417. The van der Waals surface area contributed by atoms with Crippen molar-refractivity contribution < 1.29 is 18.5 Å². The van der Waals surface area contributed by atoms with E-state index in [2.05, 4.69) is 5.32 Å². The summed E-state index contributed by atoms with van der Waals surface area (Å²) in [5.74, 6) is -3.25. The van der Waals surface area contributed by atoms with Gasteiger partial charge in [0.15, 0.2) is 0 Å². The second-order valence-electron chi connectivity index (χ2n) is 4.74. The number of nitrogens with zero attached hydrogens (tertiary/aromatic N) is 1. The van der Waals surface area contributed by atoms with Crippen molar-refractivity contribution >= 4 is 11.6 Å². The van der Waals surface area contributed by atoms with Crippen molar-refractivity contribution in [2.45, 2.75) is 32.7 Å². The van der Waals surface area contributed by atoms with Gasteiger partial charge in [0.25, 0.3) is 5.91 Å². The Morgan fingerprint density at radius 3 is 2.47 bits per heavy atom. The molecule has 1 aromatic rings. The van der Waals surface area contributed by atoms with Crippen molar-refractivity contribution in [3.63, 3.8) is 0 Å². The lowest BCUT2D eigenvalue weighted by molar-refractivity contribution is -0.387. The van der Waals surface area contributed by atoms with Crippen molar-refractivity contribution in [1.29, 1.82) is 0 Å². The molecule has 0 aliphatic carbocycles. The molecule has 0 atom stereocenters. The second kappa shape index (κ2) is 5.29. The summed E-state index contributed by atoms with van der Waals surface area (Å²) in [5.41, 5.74) is -2.35. The number of nitro groups is 1. The molecule has 1 amide bonds. The highest BCUT2D eigenvalue weighted by Gasteiger charge is 2.27. The molecule has 0 saturated heterocycles. The maximum atomic E-state index is 13.8. The van der Waals surface area contributed by atoms with E-state index in [1.54, 1.807) is 13.8 Å². The van der Waals surface area contributed by atoms with Gasteiger partial charge in [-0.3, -0.25) is 14.9 Å². The van der Waals surface area contributed by atoms with Gasteiger partial charge in [-0.15, -0.1) is 0 Å². The zero-order valence-corrected chi connectivity index (χ0v) is 10.8. The standard InChI is InChI=1S/C12H14F2N2O3/c1-4-12(2,3)15-11(17)8-5-7(13)6-9(10(8)14)16(18)19/h5-6H,4H2,1-3H3,(H,15,17). The lowest BCUT2D eigenvalue weighted by Gasteiger charge is -2.24. The molecule has 1 rings (SSSR count). The van der Waals surface area contributed by atoms with E-state index in [0.717, 1.165) is 0 Å². The van der Waals surface area contributed by atoms with Gasteiger partial charge in [0.05, 0.1) is 16.6 Å². The summed E-state index contributed by atoms with van der Waals surface area (Å²) in [6, 6.07) is 1.08. The predicted molar refractivity (Wildman–Crippen MR) is 64.8 cm³/mol. The van der Waals surface area contributed by atoms with Gasteiger partial charge in [0, 0.05) is 5.54 Å². The summed E-state index contributed by atoms with van der Waals surface area (Å²) >= 11 is 0. The molecule has 0 aliphatic heterocycles. The molecule has 1 aromatic carbocycles. The Hall–Kier alpha value is -2.05. The number of carbonyl (C=O) groups excluding carboxylic acids is 1. The maximum Gasteiger partial charge on any atom is 0.308 e. The number of hydrogen-bond acceptors (Lipinski definition) is 3. The number of halogens is 2. The fourth-order valence-electron chi connectivity index (χ4n) is 1.34. The van der Waals surface area contributed by atoms with Crippen molar-refractivity contribution in [3.8, 4) is 0 Å². The molecule has 0 spiro atoms. The highest BCUT2D eigenvalue weighted by atomic mass is 19.1. The molecule has 0 aromatic heterocycles. The molecular weight excluding hydrogens is 258 g/mol. The number of hydrogen-bond donors (Lipinski definition) is 1. The minimum Gasteiger partial charge on any atom is -0.347 e. The van der Waals surface area contributed by atoms with Crippen LogP contribution < -0.4 is 5.32 Å². The Labute approximate surface area is 108 Å². The van der Waals surface area contributed by atoms with E-state index in [9.17, 15) is 23.7 Å². The number of benzene rings is 1. The van der Waals surface area contributed by atoms with Gasteiger partial charge in [-0.2, -0.15) is 4.39 Å². The van der Waals surface area contributed by atoms with Gasteiger partial charge in [0.1, 0.15) is 5.82 Å². The first kappa shape index (κ1) is 15.0. The van der Waals surface area contributed by atoms with Gasteiger partial charge < -0.3 is 5.32 Å². The number of nitro benzene ring substituents is 1. The largest absolute Gasteiger partial charge is 0.347 e. The molecule has 0 fully saturated rings. The maximum absolute atomic E-state index is 13.8. The molecule has 0 aliphatic rings. The summed E-state index contributed by atoms with van der Waals surface area (Å²) in [6.07, 6.45) is 0.567. The van der Waals surface area contributed by atoms with Crippen LogP contribution in [0.15, 0.2) is 12.1 Å². The highest BCUT2D eigenvalue weighted by molar-refractivity contribution is 5.95. The predicted octanol–water partition coefficient (Wildman–Crippen LogP) is 2.79. The topological polar surface area (TPSA) is 72.2 Å². The Morgan fingerprint density at radius 2 is 2.00 bits per heavy atom. The lowest BCUT2D eigenvalue weighted by atomic mass is 10.0. The third-order valence-electron chi connectivity index (χ3n) is 2.80. The molecule has 7 heteroatoms. The molecule has 1 N–H and O–H groups in total. The van der Waals surface area contributed by atoms with Crippen LogP contribution in [0.1, 0.15) is 37.6 Å². The van der Waals surface area contributed by atoms with Crippen LogP contribution >= 0.6 is 0 Å². The van der Waals surface area contributed by atoms with E-state index in [1.807, 2.05) is 6.92 Å². The van der Waals surface area contributed by atoms with Gasteiger partial charge in [-0.25, -0.2) is 4.39 Å². The van der Waals surface area contributed by atoms with E-state index in [0.29, 0.717) is 18.6 Å². The number of rotatable bonds is 4. The first-order valence-corrected chi connectivity index (χ1v) is 5.64. The van der Waals surface area contributed by atoms with Crippen LogP contribution in [0, 0.1) is 21.7 Å². The average Bonchev–Trinajstić information content (AvgIpc) is 2.30. The van der Waals surface area contributed by atoms with E-state index < -0.39 is 39.3 Å². The zero-order valence-electron chi connectivity index (χ0n) is 10.8. The van der Waals surface area contributed by atoms with Gasteiger partial charge in [-0.05, 0) is 26.3 Å². The normalized spacial score (nSPS) is 11.2. The number of carbonyl (C=O) groups is 1. The van der Waals surface area contributed by atoms with E-state index in [-0.39, 0.29) is 0 Å². The minimum absolute atomic E-state index is 0.442. The monoisotopic (exact) mass is 272 g/mol. The molecule has 0 unspecified atom stereocenters. The van der Waals surface area contributed by atoms with Crippen LogP contribution in [0.4, 0.5) is 14.5 Å². The van der Waals surface area contributed by atoms with Gasteiger partial charge in [-0.1, -0.05) is 6.92 Å². The van der Waals surface area contributed by atoms with Crippen LogP contribution in [0.5, 0.6) is 0 Å². The summed E-state index contributed by atoms with van der Waals surface area (Å²) in [6.45, 7) is 5.22. The number of nitrogens with one attached hydrogen (secondary N) is 1. The van der Waals surface area contributed by atoms with Crippen LogP contribution in [0.2, 0.25) is 0 Å². The SMILES string of the molecule is CCC(C)(C)NC(=O)c1cc(F)cc([N+](=O)[O-])c1F. The molecule has 0 heterocycles. The smallest absolute Gasteiger partial charge is 0.308 e. The Bertz CT molecular complexity index is 530. The minimum atomic E-state index is -1.34. The van der Waals surface area contributed by atoms with Gasteiger partial charge >= 0.3 is 5.69 Å². The zero-order chi connectivity index (χ0) is 14.8. The molecule has 0 bridgehead atoms. The second-order valence-corrected chi connectivity index (χ2v) is 4.74. The van der Waals surface area contributed by atoms with Crippen LogP contribution in [0.25, 0.3) is 0 Å². The third-order valence-corrected chi connectivity index (χ3v) is 2.80. The summed E-state index contributed by atoms with van der Waals surface area (Å²) in [5, 5.41) is 13.0. The van der Waals surface area contributed by atoms with Crippen LogP contribution in [-0.4, -0.2) is 16.4 Å². The molecule has 104 valence electrons. The first-order valence-electron chi connectivity index (χ1n) is 5.64. The van der Waals surface area contributed by atoms with Crippen molar-refractivity contribution in [1.82, 2.24) is 5.32 Å². The highest BCUT2D eigenvalue weighted by Crippen LogP contribution is 2.23. The van der Waals surface area contributed by atoms with Crippen molar-refractivity contribution in [2.75, 3.05) is 0 Å². The molecule has 0 saturated carbocycles. The van der Waals surface area contributed by atoms with E-state index >= 15 is 0 Å². The Morgan fingerprint density at radius 1 is 1.42 bits per heavy atom. The lowest BCUT2D eigenvalue weighted by Crippen LogP contribution is -2.43. The quantitative estimate of drug-likeness (QED) is 0.676. The Balaban J connectivity index is 3.21. The Kier molecular flexibility index (Phi) is 4.18.